The average Bonchev–Trinajstić information content (AvgIpc) is 3.16. The van der Waals surface area contributed by atoms with Gasteiger partial charge in [0.25, 0.3) is 0 Å². The molecule has 2 aliphatic rings. The predicted molar refractivity (Wildman–Crippen MR) is 122 cm³/mol. The van der Waals surface area contributed by atoms with Gasteiger partial charge in [0.1, 0.15) is 24.5 Å². The van der Waals surface area contributed by atoms with Crippen molar-refractivity contribution in [1.29, 1.82) is 0 Å². The Hall–Kier alpha value is -2.71. The summed E-state index contributed by atoms with van der Waals surface area (Å²) in [4.78, 5) is 35.4. The minimum Gasteiger partial charge on any atom is -0.464 e. The van der Waals surface area contributed by atoms with Crippen molar-refractivity contribution in [3.05, 3.63) is 52.4 Å². The van der Waals surface area contributed by atoms with E-state index in [9.17, 15) is 14.7 Å². The zero-order chi connectivity index (χ0) is 22.8. The second kappa shape index (κ2) is 9.42. The lowest BCUT2D eigenvalue weighted by Gasteiger charge is -2.45. The first-order chi connectivity index (χ1) is 15.4. The molecule has 0 spiro atoms. The predicted octanol–water partition coefficient (Wildman–Crippen LogP) is 3.40. The van der Waals surface area contributed by atoms with Gasteiger partial charge in [0, 0.05) is 48.4 Å². The van der Waals surface area contributed by atoms with Gasteiger partial charge < -0.3 is 14.8 Å². The van der Waals surface area contributed by atoms with Crippen molar-refractivity contribution in [3.8, 4) is 0 Å². The molecule has 1 aromatic heterocycles. The van der Waals surface area contributed by atoms with Crippen molar-refractivity contribution in [3.63, 3.8) is 0 Å². The molecule has 4 rings (SSSR count). The molecule has 32 heavy (non-hydrogen) atoms. The Balaban J connectivity index is 1.51. The highest BCUT2D eigenvalue weighted by Crippen LogP contribution is 2.38. The van der Waals surface area contributed by atoms with Crippen molar-refractivity contribution in [1.82, 2.24) is 20.0 Å². The molecule has 1 amide bonds. The number of aldehydes is 1. The summed E-state index contributed by atoms with van der Waals surface area (Å²) in [6.07, 6.45) is 3.54. The Kier molecular flexibility index (Phi) is 6.62. The van der Waals surface area contributed by atoms with Crippen LogP contribution in [0.2, 0.25) is 5.02 Å². The Morgan fingerprint density at radius 1 is 1.28 bits per heavy atom. The molecular weight excluding hydrogens is 430 g/mol. The molecule has 0 unspecified atom stereocenters. The molecule has 8 nitrogen and oxygen atoms in total. The van der Waals surface area contributed by atoms with Crippen molar-refractivity contribution in [2.24, 2.45) is 0 Å². The smallest absolute Gasteiger partial charge is 0.422 e. The number of hydrogen-bond donors (Lipinski definition) is 1. The molecule has 1 aliphatic carbocycles. The zero-order valence-electron chi connectivity index (χ0n) is 18.3. The molecule has 9 heteroatoms. The van der Waals surface area contributed by atoms with Crippen molar-refractivity contribution in [2.75, 3.05) is 24.5 Å². The number of amides is 1. The third-order valence-corrected chi connectivity index (χ3v) is 6.71. The number of carbonyl (C=O) groups is 2. The van der Waals surface area contributed by atoms with E-state index in [0.29, 0.717) is 43.3 Å². The maximum Gasteiger partial charge on any atom is 0.422 e. The van der Waals surface area contributed by atoms with Gasteiger partial charge in [-0.15, -0.1) is 0 Å². The van der Waals surface area contributed by atoms with E-state index in [0.717, 1.165) is 29.9 Å². The number of piperazine rings is 1. The fourth-order valence-electron chi connectivity index (χ4n) is 4.83. The molecular formula is C23H28ClN5O3. The van der Waals surface area contributed by atoms with E-state index >= 15 is 0 Å². The van der Waals surface area contributed by atoms with Crippen LogP contribution in [0, 0.1) is 0 Å². The third-order valence-electron chi connectivity index (χ3n) is 6.46. The molecule has 1 aliphatic heterocycles. The van der Waals surface area contributed by atoms with Crippen molar-refractivity contribution in [2.45, 2.75) is 51.1 Å². The number of hydrogen-bond acceptors (Lipinski definition) is 6. The van der Waals surface area contributed by atoms with E-state index in [1.165, 1.54) is 10.6 Å². The Bertz CT molecular complexity index is 986. The molecule has 2 heterocycles. The molecule has 1 N–H and O–H groups in total. The normalized spacial score (nSPS) is 21.8. The van der Waals surface area contributed by atoms with E-state index in [2.05, 4.69) is 28.7 Å². The molecule has 3 atom stereocenters. The first-order valence-corrected chi connectivity index (χ1v) is 11.3. The fraction of sp³-hybridized carbons (Fsp3) is 0.478. The van der Waals surface area contributed by atoms with E-state index in [1.54, 1.807) is 23.5 Å². The number of halogens is 1. The summed E-state index contributed by atoms with van der Waals surface area (Å²) in [6.45, 7) is 5.85. The standard InChI is InChI=1S/C23H28ClN5O3/c1-15-3-8-20-21(15)22(26-14-25-20)28-10-9-27(12-16(28)2)29(23(31)32)19(13-30)11-17-4-6-18(24)7-5-17/h4-7,13-16,19H,3,8-12H2,1-2H3,(H,31,32)/t15-,16+,19-/m1/s1. The molecule has 1 aromatic carbocycles. The number of carboxylic acid groups (broad SMARTS) is 1. The van der Waals surface area contributed by atoms with Crippen LogP contribution in [-0.4, -0.2) is 69.2 Å². The number of anilines is 1. The van der Waals surface area contributed by atoms with Gasteiger partial charge in [-0.1, -0.05) is 30.7 Å². The molecule has 170 valence electrons. The lowest BCUT2D eigenvalue weighted by Crippen LogP contribution is -2.62. The summed E-state index contributed by atoms with van der Waals surface area (Å²) < 4.78 is 0. The van der Waals surface area contributed by atoms with Crippen LogP contribution in [0.25, 0.3) is 0 Å². The molecule has 1 saturated heterocycles. The zero-order valence-corrected chi connectivity index (χ0v) is 19.1. The second-order valence-corrected chi connectivity index (χ2v) is 9.05. The maximum absolute atomic E-state index is 12.2. The Morgan fingerprint density at radius 3 is 2.69 bits per heavy atom. The number of aryl methyl sites for hydroxylation is 1. The van der Waals surface area contributed by atoms with Gasteiger partial charge >= 0.3 is 6.09 Å². The topological polar surface area (TPSA) is 89.9 Å². The van der Waals surface area contributed by atoms with Gasteiger partial charge in [-0.05, 0) is 43.4 Å². The van der Waals surface area contributed by atoms with Crippen LogP contribution < -0.4 is 4.90 Å². The number of carbonyl (C=O) groups excluding carboxylic acids is 1. The highest BCUT2D eigenvalue weighted by Gasteiger charge is 2.36. The second-order valence-electron chi connectivity index (χ2n) is 8.61. The van der Waals surface area contributed by atoms with Gasteiger partial charge in [0.15, 0.2) is 0 Å². The first-order valence-electron chi connectivity index (χ1n) is 11.0. The molecule has 2 aromatic rings. The van der Waals surface area contributed by atoms with Crippen LogP contribution in [-0.2, 0) is 17.6 Å². The summed E-state index contributed by atoms with van der Waals surface area (Å²) in [5, 5.41) is 13.5. The van der Waals surface area contributed by atoms with Gasteiger partial charge in [0.2, 0.25) is 0 Å². The van der Waals surface area contributed by atoms with Crippen LogP contribution in [0.1, 0.15) is 43.0 Å². The summed E-state index contributed by atoms with van der Waals surface area (Å²) in [5.41, 5.74) is 3.19. The van der Waals surface area contributed by atoms with E-state index in [4.69, 9.17) is 11.6 Å². The average molecular weight is 458 g/mol. The van der Waals surface area contributed by atoms with E-state index in [-0.39, 0.29) is 6.04 Å². The number of fused-ring (bicyclic) bond motifs is 1. The highest BCUT2D eigenvalue weighted by atomic mass is 35.5. The minimum atomic E-state index is -1.13. The summed E-state index contributed by atoms with van der Waals surface area (Å²) >= 11 is 5.95. The Morgan fingerprint density at radius 2 is 2.03 bits per heavy atom. The number of benzene rings is 1. The van der Waals surface area contributed by atoms with Crippen LogP contribution in [0.4, 0.5) is 10.6 Å². The van der Waals surface area contributed by atoms with Crippen LogP contribution >= 0.6 is 11.6 Å². The van der Waals surface area contributed by atoms with Crippen LogP contribution in [0.5, 0.6) is 0 Å². The van der Waals surface area contributed by atoms with Crippen LogP contribution in [0.15, 0.2) is 30.6 Å². The fourth-order valence-corrected chi connectivity index (χ4v) is 4.95. The van der Waals surface area contributed by atoms with Gasteiger partial charge in [-0.2, -0.15) is 0 Å². The molecule has 0 saturated carbocycles. The molecule has 1 fully saturated rings. The third kappa shape index (κ3) is 4.42. The summed E-state index contributed by atoms with van der Waals surface area (Å²) in [5.74, 6) is 1.38. The monoisotopic (exact) mass is 457 g/mol. The number of aromatic nitrogens is 2. The number of hydrazine groups is 1. The van der Waals surface area contributed by atoms with Gasteiger partial charge in [-0.25, -0.2) is 24.8 Å². The number of nitrogens with zero attached hydrogens (tertiary/aromatic N) is 5. The minimum absolute atomic E-state index is 0.0280. The first kappa shape index (κ1) is 22.5. The van der Waals surface area contributed by atoms with Crippen molar-refractivity contribution < 1.29 is 14.7 Å². The maximum atomic E-state index is 12.2. The lowest BCUT2D eigenvalue weighted by atomic mass is 10.0. The lowest BCUT2D eigenvalue weighted by molar-refractivity contribution is -0.120. The van der Waals surface area contributed by atoms with Gasteiger partial charge in [-0.3, -0.25) is 0 Å². The molecule has 0 radical (unpaired) electrons. The van der Waals surface area contributed by atoms with Gasteiger partial charge in [0.05, 0.1) is 0 Å². The molecule has 0 bridgehead atoms. The summed E-state index contributed by atoms with van der Waals surface area (Å²) in [6, 6.07) is 6.33. The Labute approximate surface area is 192 Å². The quantitative estimate of drug-likeness (QED) is 0.665. The highest BCUT2D eigenvalue weighted by molar-refractivity contribution is 6.30. The number of rotatable bonds is 6. The summed E-state index contributed by atoms with van der Waals surface area (Å²) in [7, 11) is 0. The van der Waals surface area contributed by atoms with Crippen molar-refractivity contribution >= 4 is 29.8 Å². The largest absolute Gasteiger partial charge is 0.464 e. The van der Waals surface area contributed by atoms with E-state index < -0.39 is 12.1 Å². The van der Waals surface area contributed by atoms with E-state index in [1.807, 2.05) is 12.1 Å². The van der Waals surface area contributed by atoms with Crippen LogP contribution in [0.3, 0.4) is 0 Å². The SMILES string of the molecule is C[C@@H]1CCc2ncnc(N3CCN(N(C(=O)O)[C@@H](C=O)Cc4ccc(Cl)cc4)C[C@@H]3C)c21.